The van der Waals surface area contributed by atoms with Crippen LogP contribution in [0.2, 0.25) is 0 Å². The number of benzene rings is 2. The third-order valence-electron chi connectivity index (χ3n) is 2.37. The van der Waals surface area contributed by atoms with Crippen LogP contribution in [0.15, 0.2) is 36.4 Å². The third-order valence-corrected chi connectivity index (χ3v) is 2.37. The molecule has 4 N–H and O–H groups in total. The molecular formula is C12H10F2N2. The van der Waals surface area contributed by atoms with Gasteiger partial charge in [0.15, 0.2) is 0 Å². The summed E-state index contributed by atoms with van der Waals surface area (Å²) < 4.78 is 27.0. The fourth-order valence-corrected chi connectivity index (χ4v) is 1.56. The van der Waals surface area contributed by atoms with E-state index in [-0.39, 0.29) is 16.8 Å². The van der Waals surface area contributed by atoms with Crippen molar-refractivity contribution >= 4 is 11.4 Å². The Morgan fingerprint density at radius 3 is 2.00 bits per heavy atom. The van der Waals surface area contributed by atoms with Crippen LogP contribution in [-0.2, 0) is 0 Å². The van der Waals surface area contributed by atoms with E-state index in [0.29, 0.717) is 5.69 Å². The predicted molar refractivity (Wildman–Crippen MR) is 60.6 cm³/mol. The molecule has 82 valence electrons. The van der Waals surface area contributed by atoms with Crippen LogP contribution >= 0.6 is 0 Å². The van der Waals surface area contributed by atoms with Gasteiger partial charge in [0.2, 0.25) is 0 Å². The van der Waals surface area contributed by atoms with Gasteiger partial charge >= 0.3 is 0 Å². The molecule has 0 spiro atoms. The average molecular weight is 220 g/mol. The van der Waals surface area contributed by atoms with Gasteiger partial charge in [0.25, 0.3) is 0 Å². The van der Waals surface area contributed by atoms with Gasteiger partial charge in [0.1, 0.15) is 11.6 Å². The first-order chi connectivity index (χ1) is 7.61. The van der Waals surface area contributed by atoms with Crippen molar-refractivity contribution in [2.45, 2.75) is 0 Å². The Bertz CT molecular complexity index is 518. The van der Waals surface area contributed by atoms with Crippen molar-refractivity contribution in [3.63, 3.8) is 0 Å². The highest BCUT2D eigenvalue weighted by Gasteiger charge is 2.14. The fourth-order valence-electron chi connectivity index (χ4n) is 1.56. The summed E-state index contributed by atoms with van der Waals surface area (Å²) in [5, 5.41) is 0. The smallest absolute Gasteiger partial charge is 0.134 e. The standard InChI is InChI=1S/C12H10F2N2/c13-8-4-2-5-9(14)11(8)7-3-1-6-10(15)12(7)16/h1-6H,15-16H2. The Morgan fingerprint density at radius 2 is 1.38 bits per heavy atom. The molecule has 0 saturated carbocycles. The molecule has 4 heteroatoms. The van der Waals surface area contributed by atoms with Gasteiger partial charge in [0.05, 0.1) is 16.9 Å². The monoisotopic (exact) mass is 220 g/mol. The maximum atomic E-state index is 13.5. The van der Waals surface area contributed by atoms with Crippen molar-refractivity contribution in [1.29, 1.82) is 0 Å². The highest BCUT2D eigenvalue weighted by atomic mass is 19.1. The fraction of sp³-hybridized carbons (Fsp3) is 0. The van der Waals surface area contributed by atoms with Crippen LogP contribution < -0.4 is 11.5 Å². The van der Waals surface area contributed by atoms with Crippen LogP contribution in [-0.4, -0.2) is 0 Å². The Labute approximate surface area is 91.5 Å². The molecule has 2 aromatic rings. The first-order valence-electron chi connectivity index (χ1n) is 4.69. The van der Waals surface area contributed by atoms with Crippen LogP contribution in [0.5, 0.6) is 0 Å². The molecule has 0 heterocycles. The minimum Gasteiger partial charge on any atom is -0.397 e. The summed E-state index contributed by atoms with van der Waals surface area (Å²) in [7, 11) is 0. The topological polar surface area (TPSA) is 52.0 Å². The van der Waals surface area contributed by atoms with Crippen LogP contribution in [0.25, 0.3) is 11.1 Å². The maximum Gasteiger partial charge on any atom is 0.134 e. The van der Waals surface area contributed by atoms with Gasteiger partial charge in [-0.05, 0) is 18.2 Å². The molecule has 0 aliphatic heterocycles. The molecular weight excluding hydrogens is 210 g/mol. The van der Waals surface area contributed by atoms with E-state index in [1.807, 2.05) is 0 Å². The van der Waals surface area contributed by atoms with Gasteiger partial charge in [-0.15, -0.1) is 0 Å². The second-order valence-corrected chi connectivity index (χ2v) is 3.41. The number of rotatable bonds is 1. The zero-order valence-electron chi connectivity index (χ0n) is 8.37. The Balaban J connectivity index is 2.73. The van der Waals surface area contributed by atoms with Gasteiger partial charge in [-0.3, -0.25) is 0 Å². The molecule has 0 unspecified atom stereocenters. The van der Waals surface area contributed by atoms with Gasteiger partial charge in [0, 0.05) is 5.56 Å². The van der Waals surface area contributed by atoms with Crippen LogP contribution in [0.3, 0.4) is 0 Å². The quantitative estimate of drug-likeness (QED) is 0.726. The summed E-state index contributed by atoms with van der Waals surface area (Å²) >= 11 is 0. The number of nitrogen functional groups attached to an aromatic ring is 2. The molecule has 16 heavy (non-hydrogen) atoms. The predicted octanol–water partition coefficient (Wildman–Crippen LogP) is 2.80. The van der Waals surface area contributed by atoms with Gasteiger partial charge in [-0.1, -0.05) is 18.2 Å². The number of halogens is 2. The first kappa shape index (κ1) is 10.4. The van der Waals surface area contributed by atoms with Crippen molar-refractivity contribution in [2.75, 3.05) is 11.5 Å². The minimum absolute atomic E-state index is 0.146. The molecule has 0 atom stereocenters. The van der Waals surface area contributed by atoms with Crippen LogP contribution in [0.4, 0.5) is 20.2 Å². The van der Waals surface area contributed by atoms with Crippen molar-refractivity contribution in [3.05, 3.63) is 48.0 Å². The molecule has 0 aliphatic carbocycles. The summed E-state index contributed by atoms with van der Waals surface area (Å²) in [6.45, 7) is 0. The van der Waals surface area contributed by atoms with E-state index in [1.54, 1.807) is 12.1 Å². The van der Waals surface area contributed by atoms with Crippen molar-refractivity contribution in [2.24, 2.45) is 0 Å². The van der Waals surface area contributed by atoms with Crippen LogP contribution in [0.1, 0.15) is 0 Å². The van der Waals surface area contributed by atoms with E-state index in [1.165, 1.54) is 24.3 Å². The number of para-hydroxylation sites is 1. The van der Waals surface area contributed by atoms with Gasteiger partial charge in [-0.25, -0.2) is 8.78 Å². The molecule has 2 nitrogen and oxygen atoms in total. The number of nitrogens with two attached hydrogens (primary N) is 2. The molecule has 0 fully saturated rings. The highest BCUT2D eigenvalue weighted by Crippen LogP contribution is 2.33. The molecule has 0 radical (unpaired) electrons. The Kier molecular flexibility index (Phi) is 2.48. The molecule has 0 bridgehead atoms. The second-order valence-electron chi connectivity index (χ2n) is 3.41. The normalized spacial score (nSPS) is 10.4. The second kappa shape index (κ2) is 3.81. The van der Waals surface area contributed by atoms with E-state index in [4.69, 9.17) is 11.5 Å². The summed E-state index contributed by atoms with van der Waals surface area (Å²) in [5.74, 6) is -1.31. The van der Waals surface area contributed by atoms with Crippen molar-refractivity contribution < 1.29 is 8.78 Å². The lowest BCUT2D eigenvalue weighted by atomic mass is 10.0. The van der Waals surface area contributed by atoms with E-state index in [2.05, 4.69) is 0 Å². The van der Waals surface area contributed by atoms with Crippen molar-refractivity contribution in [3.8, 4) is 11.1 Å². The molecule has 2 aromatic carbocycles. The lowest BCUT2D eigenvalue weighted by molar-refractivity contribution is 0.590. The molecule has 0 amide bonds. The van der Waals surface area contributed by atoms with E-state index < -0.39 is 11.6 Å². The Hall–Kier alpha value is -2.10. The van der Waals surface area contributed by atoms with E-state index >= 15 is 0 Å². The summed E-state index contributed by atoms with van der Waals surface area (Å²) in [6, 6.07) is 8.39. The summed E-state index contributed by atoms with van der Waals surface area (Å²) in [5.41, 5.74) is 11.9. The lowest BCUT2D eigenvalue weighted by Gasteiger charge is -2.09. The molecule has 0 saturated heterocycles. The average Bonchev–Trinajstić information content (AvgIpc) is 2.24. The number of hydrogen-bond acceptors (Lipinski definition) is 2. The SMILES string of the molecule is Nc1cccc(-c2c(F)cccc2F)c1N. The van der Waals surface area contributed by atoms with Crippen LogP contribution in [0, 0.1) is 11.6 Å². The number of anilines is 2. The summed E-state index contributed by atoms with van der Waals surface area (Å²) in [4.78, 5) is 0. The molecule has 2 rings (SSSR count). The third kappa shape index (κ3) is 1.58. The van der Waals surface area contributed by atoms with E-state index in [9.17, 15) is 8.78 Å². The molecule has 0 aromatic heterocycles. The zero-order valence-corrected chi connectivity index (χ0v) is 8.37. The maximum absolute atomic E-state index is 13.5. The van der Waals surface area contributed by atoms with E-state index in [0.717, 1.165) is 0 Å². The Morgan fingerprint density at radius 1 is 0.812 bits per heavy atom. The lowest BCUT2D eigenvalue weighted by Crippen LogP contribution is -1.99. The minimum atomic E-state index is -0.655. The van der Waals surface area contributed by atoms with Crippen molar-refractivity contribution in [1.82, 2.24) is 0 Å². The first-order valence-corrected chi connectivity index (χ1v) is 4.69. The number of hydrogen-bond donors (Lipinski definition) is 2. The summed E-state index contributed by atoms with van der Waals surface area (Å²) in [6.07, 6.45) is 0. The largest absolute Gasteiger partial charge is 0.397 e. The zero-order chi connectivity index (χ0) is 11.7. The van der Waals surface area contributed by atoms with Gasteiger partial charge < -0.3 is 11.5 Å². The molecule has 0 aliphatic rings. The van der Waals surface area contributed by atoms with Gasteiger partial charge in [-0.2, -0.15) is 0 Å². The highest BCUT2D eigenvalue weighted by molar-refractivity contribution is 5.84.